The van der Waals surface area contributed by atoms with E-state index < -0.39 is 18.0 Å². The molecule has 0 bridgehead atoms. The van der Waals surface area contributed by atoms with Crippen molar-refractivity contribution < 1.29 is 24.2 Å². The Bertz CT molecular complexity index is 547. The smallest absolute Gasteiger partial charge is 0.335 e. The molecule has 0 radical (unpaired) electrons. The SMILES string of the molecule is COC(=O)CN(C)C(=O)Nc1cc(C(=O)O)ccc1Br. The third-order valence-electron chi connectivity index (χ3n) is 2.40. The molecule has 0 heterocycles. The molecule has 2 N–H and O–H groups in total. The van der Waals surface area contributed by atoms with Crippen LogP contribution in [0.15, 0.2) is 22.7 Å². The Morgan fingerprint density at radius 2 is 2.05 bits per heavy atom. The first-order chi connectivity index (χ1) is 9.35. The van der Waals surface area contributed by atoms with Crippen molar-refractivity contribution >= 4 is 39.6 Å². The highest BCUT2D eigenvalue weighted by Crippen LogP contribution is 2.24. The number of amides is 2. The maximum atomic E-state index is 11.8. The number of nitrogens with zero attached hydrogens (tertiary/aromatic N) is 1. The Morgan fingerprint density at radius 3 is 2.60 bits per heavy atom. The Labute approximate surface area is 123 Å². The van der Waals surface area contributed by atoms with E-state index in [-0.39, 0.29) is 12.1 Å². The molecule has 1 aromatic carbocycles. The quantitative estimate of drug-likeness (QED) is 0.811. The topological polar surface area (TPSA) is 95.9 Å². The number of carbonyl (C=O) groups is 3. The van der Waals surface area contributed by atoms with E-state index in [2.05, 4.69) is 26.0 Å². The average molecular weight is 345 g/mol. The van der Waals surface area contributed by atoms with Crippen LogP contribution in [0.25, 0.3) is 0 Å². The summed E-state index contributed by atoms with van der Waals surface area (Å²) in [5.74, 6) is -1.66. The first-order valence-corrected chi connectivity index (χ1v) is 6.26. The summed E-state index contributed by atoms with van der Waals surface area (Å²) in [4.78, 5) is 34.9. The minimum atomic E-state index is -1.10. The minimum Gasteiger partial charge on any atom is -0.478 e. The molecule has 1 aromatic rings. The number of hydrogen-bond donors (Lipinski definition) is 2. The fourth-order valence-corrected chi connectivity index (χ4v) is 1.64. The number of hydrogen-bond acceptors (Lipinski definition) is 4. The Kier molecular flexibility index (Phi) is 5.51. The third kappa shape index (κ3) is 4.23. The van der Waals surface area contributed by atoms with Gasteiger partial charge in [-0.1, -0.05) is 0 Å². The molecule has 0 aliphatic carbocycles. The van der Waals surface area contributed by atoms with Gasteiger partial charge in [-0.05, 0) is 34.1 Å². The number of benzene rings is 1. The second-order valence-electron chi connectivity index (χ2n) is 3.86. The summed E-state index contributed by atoms with van der Waals surface area (Å²) in [6.45, 7) is -0.210. The molecule has 20 heavy (non-hydrogen) atoms. The van der Waals surface area contributed by atoms with Gasteiger partial charge in [-0.3, -0.25) is 4.79 Å². The number of carbonyl (C=O) groups excluding carboxylic acids is 2. The van der Waals surface area contributed by atoms with Crippen LogP contribution < -0.4 is 5.32 Å². The van der Waals surface area contributed by atoms with Crippen LogP contribution in [0.2, 0.25) is 0 Å². The number of esters is 1. The second kappa shape index (κ2) is 6.90. The molecule has 0 saturated carbocycles. The molecular formula is C12H13BrN2O5. The van der Waals surface area contributed by atoms with Crippen LogP contribution in [0.3, 0.4) is 0 Å². The van der Waals surface area contributed by atoms with Crippen molar-refractivity contribution in [3.05, 3.63) is 28.2 Å². The number of ether oxygens (including phenoxy) is 1. The molecule has 0 unspecified atom stereocenters. The third-order valence-corrected chi connectivity index (χ3v) is 3.09. The first kappa shape index (κ1) is 16.0. The highest BCUT2D eigenvalue weighted by atomic mass is 79.9. The predicted molar refractivity (Wildman–Crippen MR) is 74.8 cm³/mol. The van der Waals surface area contributed by atoms with Gasteiger partial charge in [-0.2, -0.15) is 0 Å². The monoisotopic (exact) mass is 344 g/mol. The normalized spacial score (nSPS) is 9.75. The standard InChI is InChI=1S/C12H13BrN2O5/c1-15(6-10(16)20-2)12(19)14-9-5-7(11(17)18)3-4-8(9)13/h3-5H,6H2,1-2H3,(H,14,19)(H,17,18). The molecule has 1 rings (SSSR count). The van der Waals surface area contributed by atoms with Crippen molar-refractivity contribution in [3.8, 4) is 0 Å². The highest BCUT2D eigenvalue weighted by Gasteiger charge is 2.15. The summed E-state index contributed by atoms with van der Waals surface area (Å²) in [6, 6.07) is 3.68. The number of methoxy groups -OCH3 is 1. The molecule has 0 aliphatic heterocycles. The Morgan fingerprint density at radius 1 is 1.40 bits per heavy atom. The molecular weight excluding hydrogens is 332 g/mol. The maximum Gasteiger partial charge on any atom is 0.335 e. The lowest BCUT2D eigenvalue weighted by atomic mass is 10.2. The predicted octanol–water partition coefficient (Wildman–Crippen LogP) is 1.78. The van der Waals surface area contributed by atoms with Gasteiger partial charge in [0.1, 0.15) is 6.54 Å². The van der Waals surface area contributed by atoms with E-state index in [9.17, 15) is 14.4 Å². The summed E-state index contributed by atoms with van der Waals surface area (Å²) in [5, 5.41) is 11.4. The van der Waals surface area contributed by atoms with E-state index in [1.54, 1.807) is 0 Å². The highest BCUT2D eigenvalue weighted by molar-refractivity contribution is 9.10. The van der Waals surface area contributed by atoms with Gasteiger partial charge in [0, 0.05) is 11.5 Å². The van der Waals surface area contributed by atoms with Crippen molar-refractivity contribution in [3.63, 3.8) is 0 Å². The van der Waals surface area contributed by atoms with E-state index in [0.717, 1.165) is 4.90 Å². The largest absolute Gasteiger partial charge is 0.478 e. The summed E-state index contributed by atoms with van der Waals surface area (Å²) < 4.78 is 4.98. The number of nitrogens with one attached hydrogen (secondary N) is 1. The summed E-state index contributed by atoms with van der Waals surface area (Å²) in [7, 11) is 2.64. The zero-order chi connectivity index (χ0) is 15.3. The summed E-state index contributed by atoms with van der Waals surface area (Å²) in [6.07, 6.45) is 0. The molecule has 0 aliphatic rings. The molecule has 7 nitrogen and oxygen atoms in total. The van der Waals surface area contributed by atoms with Crippen LogP contribution >= 0.6 is 15.9 Å². The number of carboxylic acid groups (broad SMARTS) is 1. The number of urea groups is 1. The van der Waals surface area contributed by atoms with E-state index in [1.807, 2.05) is 0 Å². The van der Waals surface area contributed by atoms with Crippen molar-refractivity contribution in [1.82, 2.24) is 4.90 Å². The molecule has 2 amide bonds. The maximum absolute atomic E-state index is 11.8. The van der Waals surface area contributed by atoms with E-state index >= 15 is 0 Å². The lowest BCUT2D eigenvalue weighted by Gasteiger charge is -2.17. The van der Waals surface area contributed by atoms with Crippen molar-refractivity contribution in [2.45, 2.75) is 0 Å². The minimum absolute atomic E-state index is 0.0409. The van der Waals surface area contributed by atoms with Gasteiger partial charge in [0.15, 0.2) is 0 Å². The molecule has 108 valence electrons. The molecule has 0 aromatic heterocycles. The van der Waals surface area contributed by atoms with Gasteiger partial charge in [-0.25, -0.2) is 9.59 Å². The fraction of sp³-hybridized carbons (Fsp3) is 0.250. The zero-order valence-corrected chi connectivity index (χ0v) is 12.4. The van der Waals surface area contributed by atoms with Gasteiger partial charge < -0.3 is 20.1 Å². The van der Waals surface area contributed by atoms with Crippen LogP contribution in [0.1, 0.15) is 10.4 Å². The number of halogens is 1. The second-order valence-corrected chi connectivity index (χ2v) is 4.72. The molecule has 8 heteroatoms. The number of likely N-dealkylation sites (N-methyl/N-ethyl adjacent to an activating group) is 1. The number of aromatic carboxylic acids is 1. The molecule has 0 spiro atoms. The Hall–Kier alpha value is -2.09. The van der Waals surface area contributed by atoms with Crippen LogP contribution in [0.4, 0.5) is 10.5 Å². The van der Waals surface area contributed by atoms with Crippen LogP contribution in [0, 0.1) is 0 Å². The van der Waals surface area contributed by atoms with Crippen molar-refractivity contribution in [2.24, 2.45) is 0 Å². The number of rotatable bonds is 4. The molecule has 0 atom stereocenters. The van der Waals surface area contributed by atoms with Gasteiger partial charge >= 0.3 is 18.0 Å². The number of carboxylic acids is 1. The lowest BCUT2D eigenvalue weighted by Crippen LogP contribution is -2.36. The van der Waals surface area contributed by atoms with Gasteiger partial charge in [-0.15, -0.1) is 0 Å². The van der Waals surface area contributed by atoms with Crippen LogP contribution in [-0.2, 0) is 9.53 Å². The van der Waals surface area contributed by atoms with E-state index in [0.29, 0.717) is 10.2 Å². The Balaban J connectivity index is 2.82. The molecule has 0 saturated heterocycles. The first-order valence-electron chi connectivity index (χ1n) is 5.47. The van der Waals surface area contributed by atoms with Gasteiger partial charge in [0.25, 0.3) is 0 Å². The number of anilines is 1. The summed E-state index contributed by atoms with van der Waals surface area (Å²) in [5.41, 5.74) is 0.339. The molecule has 0 fully saturated rings. The van der Waals surface area contributed by atoms with Gasteiger partial charge in [0.05, 0.1) is 18.4 Å². The lowest BCUT2D eigenvalue weighted by molar-refractivity contribution is -0.140. The zero-order valence-electron chi connectivity index (χ0n) is 10.8. The van der Waals surface area contributed by atoms with Crippen molar-refractivity contribution in [1.29, 1.82) is 0 Å². The van der Waals surface area contributed by atoms with Gasteiger partial charge in [0.2, 0.25) is 0 Å². The summed E-state index contributed by atoms with van der Waals surface area (Å²) >= 11 is 3.20. The van der Waals surface area contributed by atoms with E-state index in [1.165, 1.54) is 32.4 Å². The fourth-order valence-electron chi connectivity index (χ4n) is 1.29. The average Bonchev–Trinajstić information content (AvgIpc) is 2.40. The van der Waals surface area contributed by atoms with E-state index in [4.69, 9.17) is 5.11 Å². The van der Waals surface area contributed by atoms with Crippen LogP contribution in [0.5, 0.6) is 0 Å². The van der Waals surface area contributed by atoms with Crippen molar-refractivity contribution in [2.75, 3.05) is 26.0 Å². The van der Waals surface area contributed by atoms with Crippen LogP contribution in [-0.4, -0.2) is 48.7 Å².